The van der Waals surface area contributed by atoms with Crippen molar-refractivity contribution in [3.8, 4) is 5.69 Å². The minimum Gasteiger partial charge on any atom is -0.296 e. The summed E-state index contributed by atoms with van der Waals surface area (Å²) in [6.45, 7) is 0. The van der Waals surface area contributed by atoms with E-state index in [1.807, 2.05) is 24.3 Å². The van der Waals surface area contributed by atoms with Crippen molar-refractivity contribution in [2.24, 2.45) is 0 Å². The van der Waals surface area contributed by atoms with Gasteiger partial charge in [0, 0.05) is 10.2 Å². The van der Waals surface area contributed by atoms with Crippen LogP contribution in [0, 0.1) is 0 Å². The van der Waals surface area contributed by atoms with Crippen molar-refractivity contribution in [2.45, 2.75) is 0 Å². The summed E-state index contributed by atoms with van der Waals surface area (Å²) in [7, 11) is 0. The summed E-state index contributed by atoms with van der Waals surface area (Å²) in [5.74, 6) is 0. The van der Waals surface area contributed by atoms with E-state index in [-0.39, 0.29) is 5.15 Å². The van der Waals surface area contributed by atoms with Gasteiger partial charge in [-0.15, -0.1) is 0 Å². The number of aldehydes is 1. The molecule has 76 valence electrons. The van der Waals surface area contributed by atoms with Gasteiger partial charge in [-0.25, -0.2) is 4.98 Å². The number of nitrogens with zero attached hydrogens (tertiary/aromatic N) is 2. The molecule has 0 amide bonds. The van der Waals surface area contributed by atoms with E-state index in [0.717, 1.165) is 10.2 Å². The molecule has 0 unspecified atom stereocenters. The zero-order valence-electron chi connectivity index (χ0n) is 7.52. The Kier molecular flexibility index (Phi) is 2.88. The topological polar surface area (TPSA) is 34.9 Å². The first-order valence-electron chi connectivity index (χ1n) is 4.16. The number of halogens is 2. The van der Waals surface area contributed by atoms with Gasteiger partial charge in [0.2, 0.25) is 0 Å². The second-order valence-electron chi connectivity index (χ2n) is 2.88. The Balaban J connectivity index is 2.53. The van der Waals surface area contributed by atoms with Crippen LogP contribution in [-0.2, 0) is 0 Å². The van der Waals surface area contributed by atoms with Gasteiger partial charge in [-0.2, -0.15) is 0 Å². The molecule has 0 spiro atoms. The highest BCUT2D eigenvalue weighted by Gasteiger charge is 2.08. The highest BCUT2D eigenvalue weighted by atomic mass is 79.9. The molecule has 15 heavy (non-hydrogen) atoms. The van der Waals surface area contributed by atoms with Crippen molar-refractivity contribution in [1.29, 1.82) is 0 Å². The third kappa shape index (κ3) is 1.96. The normalized spacial score (nSPS) is 10.3. The summed E-state index contributed by atoms with van der Waals surface area (Å²) in [5.41, 5.74) is 1.21. The Morgan fingerprint density at radius 2 is 2.00 bits per heavy atom. The summed E-state index contributed by atoms with van der Waals surface area (Å²) in [6, 6.07) is 7.51. The van der Waals surface area contributed by atoms with Gasteiger partial charge in [-0.1, -0.05) is 27.5 Å². The van der Waals surface area contributed by atoms with E-state index in [2.05, 4.69) is 20.9 Å². The molecular weight excluding hydrogens is 279 g/mol. The van der Waals surface area contributed by atoms with Crippen LogP contribution in [-0.4, -0.2) is 15.8 Å². The molecular formula is C10H6BrClN2O. The molecule has 2 rings (SSSR count). The van der Waals surface area contributed by atoms with E-state index in [4.69, 9.17) is 11.6 Å². The third-order valence-electron chi connectivity index (χ3n) is 1.97. The van der Waals surface area contributed by atoms with E-state index in [1.54, 1.807) is 4.57 Å². The van der Waals surface area contributed by atoms with Gasteiger partial charge in [0.05, 0.1) is 0 Å². The van der Waals surface area contributed by atoms with Gasteiger partial charge in [-0.3, -0.25) is 9.36 Å². The minimum atomic E-state index is 0.216. The zero-order valence-corrected chi connectivity index (χ0v) is 9.86. The molecule has 1 aromatic heterocycles. The smallest absolute Gasteiger partial charge is 0.170 e. The minimum absolute atomic E-state index is 0.216. The summed E-state index contributed by atoms with van der Waals surface area (Å²) in [6.07, 6.45) is 2.21. The van der Waals surface area contributed by atoms with Crippen LogP contribution in [0.15, 0.2) is 35.1 Å². The average Bonchev–Trinajstić information content (AvgIpc) is 2.61. The van der Waals surface area contributed by atoms with Crippen LogP contribution in [0.3, 0.4) is 0 Å². The molecule has 0 N–H and O–H groups in total. The molecule has 0 bridgehead atoms. The van der Waals surface area contributed by atoms with Gasteiger partial charge in [-0.05, 0) is 24.3 Å². The highest BCUT2D eigenvalue weighted by molar-refractivity contribution is 9.10. The second kappa shape index (κ2) is 4.16. The lowest BCUT2D eigenvalue weighted by Crippen LogP contribution is -1.97. The van der Waals surface area contributed by atoms with Gasteiger partial charge in [0.15, 0.2) is 11.4 Å². The fourth-order valence-electron chi connectivity index (χ4n) is 1.25. The van der Waals surface area contributed by atoms with Crippen LogP contribution in [0.25, 0.3) is 5.69 Å². The van der Waals surface area contributed by atoms with Crippen LogP contribution in [0.5, 0.6) is 0 Å². The molecule has 3 nitrogen and oxygen atoms in total. The molecule has 0 aliphatic carbocycles. The number of carbonyl (C=O) groups excluding carboxylic acids is 1. The number of hydrogen-bond donors (Lipinski definition) is 0. The summed E-state index contributed by atoms with van der Waals surface area (Å²) in [4.78, 5) is 14.7. The molecule has 0 fully saturated rings. The van der Waals surface area contributed by atoms with Gasteiger partial charge in [0.1, 0.15) is 12.0 Å². The van der Waals surface area contributed by atoms with Crippen LogP contribution in [0.1, 0.15) is 10.5 Å². The van der Waals surface area contributed by atoms with Crippen molar-refractivity contribution < 1.29 is 4.79 Å². The maximum absolute atomic E-state index is 10.8. The van der Waals surface area contributed by atoms with Crippen LogP contribution in [0.2, 0.25) is 5.15 Å². The quantitative estimate of drug-likeness (QED) is 0.795. The molecule has 0 saturated heterocycles. The highest BCUT2D eigenvalue weighted by Crippen LogP contribution is 2.19. The Hall–Kier alpha value is -1.13. The second-order valence-corrected chi connectivity index (χ2v) is 4.16. The number of rotatable bonds is 2. The van der Waals surface area contributed by atoms with Gasteiger partial charge < -0.3 is 0 Å². The van der Waals surface area contributed by atoms with Gasteiger partial charge in [0.25, 0.3) is 0 Å². The first-order valence-corrected chi connectivity index (χ1v) is 5.33. The molecule has 5 heteroatoms. The van der Waals surface area contributed by atoms with Gasteiger partial charge >= 0.3 is 0 Å². The van der Waals surface area contributed by atoms with E-state index in [9.17, 15) is 4.79 Å². The van der Waals surface area contributed by atoms with Crippen molar-refractivity contribution >= 4 is 33.8 Å². The molecule has 2 aromatic rings. The van der Waals surface area contributed by atoms with Crippen LogP contribution >= 0.6 is 27.5 Å². The number of benzene rings is 1. The summed E-state index contributed by atoms with van der Waals surface area (Å²) >= 11 is 9.09. The van der Waals surface area contributed by atoms with E-state index in [0.29, 0.717) is 12.0 Å². The largest absolute Gasteiger partial charge is 0.296 e. The van der Waals surface area contributed by atoms with Crippen molar-refractivity contribution in [3.05, 3.63) is 45.9 Å². The molecule has 1 aromatic carbocycles. The number of hydrogen-bond acceptors (Lipinski definition) is 2. The van der Waals surface area contributed by atoms with E-state index >= 15 is 0 Å². The Morgan fingerprint density at radius 3 is 2.60 bits per heavy atom. The predicted octanol–water partition coefficient (Wildman–Crippen LogP) is 3.10. The number of aromatic nitrogens is 2. The molecule has 0 aliphatic heterocycles. The zero-order chi connectivity index (χ0) is 10.8. The number of carbonyl (C=O) groups is 1. The Bertz CT molecular complexity index is 493. The van der Waals surface area contributed by atoms with Crippen LogP contribution in [0.4, 0.5) is 0 Å². The predicted molar refractivity (Wildman–Crippen MR) is 61.7 cm³/mol. The van der Waals surface area contributed by atoms with Crippen molar-refractivity contribution in [1.82, 2.24) is 9.55 Å². The van der Waals surface area contributed by atoms with E-state index < -0.39 is 0 Å². The first kappa shape index (κ1) is 10.4. The first-order chi connectivity index (χ1) is 7.22. The molecule has 0 saturated carbocycles. The summed E-state index contributed by atoms with van der Waals surface area (Å²) < 4.78 is 2.62. The monoisotopic (exact) mass is 284 g/mol. The maximum atomic E-state index is 10.8. The molecule has 0 aliphatic rings. The molecule has 1 heterocycles. The maximum Gasteiger partial charge on any atom is 0.170 e. The Labute approximate surface area is 99.8 Å². The standard InChI is InChI=1S/C10H6BrClN2O/c11-7-1-3-8(4-2-7)14-6-13-10(12)9(14)5-15/h1-6H. The molecule has 0 radical (unpaired) electrons. The lowest BCUT2D eigenvalue weighted by Gasteiger charge is -2.03. The fraction of sp³-hybridized carbons (Fsp3) is 0. The summed E-state index contributed by atoms with van der Waals surface area (Å²) in [5, 5.41) is 0.216. The van der Waals surface area contributed by atoms with Crippen LogP contribution < -0.4 is 0 Å². The molecule has 0 atom stereocenters. The third-order valence-corrected chi connectivity index (χ3v) is 2.79. The fourth-order valence-corrected chi connectivity index (χ4v) is 1.69. The van der Waals surface area contributed by atoms with Crippen molar-refractivity contribution in [3.63, 3.8) is 0 Å². The SMILES string of the molecule is O=Cc1c(Cl)ncn1-c1ccc(Br)cc1. The van der Waals surface area contributed by atoms with E-state index in [1.165, 1.54) is 6.33 Å². The van der Waals surface area contributed by atoms with Crippen molar-refractivity contribution in [2.75, 3.05) is 0 Å². The number of imidazole rings is 1. The lowest BCUT2D eigenvalue weighted by atomic mass is 10.3. The average molecular weight is 286 g/mol. The Morgan fingerprint density at radius 1 is 1.33 bits per heavy atom. The lowest BCUT2D eigenvalue weighted by molar-refractivity contribution is 0.111.